The summed E-state index contributed by atoms with van der Waals surface area (Å²) in [5.41, 5.74) is 2.62. The summed E-state index contributed by atoms with van der Waals surface area (Å²) in [5.74, 6) is -0.797. The van der Waals surface area contributed by atoms with Crippen molar-refractivity contribution < 1.29 is 29.0 Å². The number of carbonyl (C=O) groups is 2. The SMILES string of the molecule is O=C(O)c1ccc(COC[C@@H]2CCC(=O)N2c2ccc(C(O)Cc3ccccc3)cc2)o1. The molecule has 0 bridgehead atoms. The minimum absolute atomic E-state index is 0.0300. The van der Waals surface area contributed by atoms with Crippen molar-refractivity contribution in [2.24, 2.45) is 0 Å². The van der Waals surface area contributed by atoms with E-state index in [0.717, 1.165) is 16.8 Å². The molecule has 1 amide bonds. The van der Waals surface area contributed by atoms with Gasteiger partial charge >= 0.3 is 5.97 Å². The van der Waals surface area contributed by atoms with E-state index in [1.165, 1.54) is 6.07 Å². The number of carbonyl (C=O) groups excluding carboxylic acids is 1. The molecule has 32 heavy (non-hydrogen) atoms. The predicted molar refractivity (Wildman–Crippen MR) is 117 cm³/mol. The normalized spacial score (nSPS) is 17.0. The van der Waals surface area contributed by atoms with Gasteiger partial charge in [0.1, 0.15) is 12.4 Å². The van der Waals surface area contributed by atoms with Crippen molar-refractivity contribution in [1.82, 2.24) is 0 Å². The van der Waals surface area contributed by atoms with Crippen LogP contribution in [0.15, 0.2) is 71.1 Å². The highest BCUT2D eigenvalue weighted by molar-refractivity contribution is 5.96. The van der Waals surface area contributed by atoms with Gasteiger partial charge < -0.3 is 24.3 Å². The first kappa shape index (κ1) is 21.8. The van der Waals surface area contributed by atoms with E-state index in [1.807, 2.05) is 54.6 Å². The highest BCUT2D eigenvalue weighted by Crippen LogP contribution is 2.29. The first-order chi connectivity index (χ1) is 15.5. The average molecular weight is 435 g/mol. The Labute approximate surface area is 185 Å². The van der Waals surface area contributed by atoms with Crippen molar-refractivity contribution in [3.8, 4) is 0 Å². The second-order valence-corrected chi connectivity index (χ2v) is 7.84. The van der Waals surface area contributed by atoms with Crippen molar-refractivity contribution in [1.29, 1.82) is 0 Å². The van der Waals surface area contributed by atoms with Crippen LogP contribution in [0.5, 0.6) is 0 Å². The summed E-state index contributed by atoms with van der Waals surface area (Å²) < 4.78 is 10.9. The number of aliphatic hydroxyl groups excluding tert-OH is 1. The molecule has 1 aliphatic heterocycles. The molecule has 4 rings (SSSR count). The molecule has 0 aliphatic carbocycles. The van der Waals surface area contributed by atoms with Crippen molar-refractivity contribution in [2.45, 2.75) is 38.0 Å². The second-order valence-electron chi connectivity index (χ2n) is 7.84. The zero-order valence-corrected chi connectivity index (χ0v) is 17.5. The molecule has 2 N–H and O–H groups in total. The van der Waals surface area contributed by atoms with Crippen LogP contribution in [0.2, 0.25) is 0 Å². The van der Waals surface area contributed by atoms with Gasteiger partial charge in [-0.1, -0.05) is 42.5 Å². The number of aliphatic hydroxyl groups is 1. The van der Waals surface area contributed by atoms with Gasteiger partial charge in [-0.25, -0.2) is 4.79 Å². The fourth-order valence-electron chi connectivity index (χ4n) is 3.93. The molecule has 3 aromatic rings. The number of carboxylic acid groups (broad SMARTS) is 1. The lowest BCUT2D eigenvalue weighted by molar-refractivity contribution is -0.117. The first-order valence-corrected chi connectivity index (χ1v) is 10.5. The molecule has 7 nitrogen and oxygen atoms in total. The zero-order valence-electron chi connectivity index (χ0n) is 17.5. The lowest BCUT2D eigenvalue weighted by atomic mass is 10.0. The third-order valence-corrected chi connectivity index (χ3v) is 5.58. The quantitative estimate of drug-likeness (QED) is 0.528. The number of hydrogen-bond donors (Lipinski definition) is 2. The number of nitrogens with zero attached hydrogens (tertiary/aromatic N) is 1. The molecule has 0 saturated carbocycles. The van der Waals surface area contributed by atoms with Gasteiger partial charge in [0.15, 0.2) is 0 Å². The fourth-order valence-corrected chi connectivity index (χ4v) is 3.93. The van der Waals surface area contributed by atoms with Gasteiger partial charge in [0.2, 0.25) is 11.7 Å². The van der Waals surface area contributed by atoms with Crippen LogP contribution in [-0.4, -0.2) is 34.7 Å². The molecule has 2 atom stereocenters. The summed E-state index contributed by atoms with van der Waals surface area (Å²) in [7, 11) is 0. The molecule has 166 valence electrons. The Bertz CT molecular complexity index is 1060. The van der Waals surface area contributed by atoms with Gasteiger partial charge in [-0.3, -0.25) is 4.79 Å². The number of anilines is 1. The molecule has 1 saturated heterocycles. The Morgan fingerprint density at radius 2 is 1.84 bits per heavy atom. The van der Waals surface area contributed by atoms with Gasteiger partial charge in [0.05, 0.1) is 18.8 Å². The van der Waals surface area contributed by atoms with Gasteiger partial charge in [0.25, 0.3) is 0 Å². The summed E-state index contributed by atoms with van der Waals surface area (Å²) >= 11 is 0. The number of rotatable bonds is 9. The Kier molecular flexibility index (Phi) is 6.68. The molecule has 1 aliphatic rings. The molecule has 0 spiro atoms. The number of furan rings is 1. The lowest BCUT2D eigenvalue weighted by Gasteiger charge is -2.25. The van der Waals surface area contributed by atoms with E-state index in [9.17, 15) is 14.7 Å². The summed E-state index contributed by atoms with van der Waals surface area (Å²) in [5, 5.41) is 19.5. The number of aromatic carboxylic acids is 1. The lowest BCUT2D eigenvalue weighted by Crippen LogP contribution is -2.36. The minimum atomic E-state index is -1.12. The molecule has 1 aromatic heterocycles. The fraction of sp³-hybridized carbons (Fsp3) is 0.280. The van der Waals surface area contributed by atoms with Crippen LogP contribution in [0, 0.1) is 0 Å². The Balaban J connectivity index is 1.36. The van der Waals surface area contributed by atoms with Crippen LogP contribution in [0.3, 0.4) is 0 Å². The van der Waals surface area contributed by atoms with Gasteiger partial charge in [-0.15, -0.1) is 0 Å². The minimum Gasteiger partial charge on any atom is -0.475 e. The first-order valence-electron chi connectivity index (χ1n) is 10.5. The van der Waals surface area contributed by atoms with E-state index in [0.29, 0.717) is 31.6 Å². The molecular weight excluding hydrogens is 410 g/mol. The maximum atomic E-state index is 12.5. The van der Waals surface area contributed by atoms with Crippen LogP contribution < -0.4 is 4.90 Å². The number of amides is 1. The van der Waals surface area contributed by atoms with E-state index in [1.54, 1.807) is 11.0 Å². The summed E-state index contributed by atoms with van der Waals surface area (Å²) in [6.45, 7) is 0.448. The summed E-state index contributed by atoms with van der Waals surface area (Å²) in [4.78, 5) is 25.1. The number of ether oxygens (including phenoxy) is 1. The Morgan fingerprint density at radius 1 is 1.09 bits per heavy atom. The summed E-state index contributed by atoms with van der Waals surface area (Å²) in [6.07, 6.45) is 1.02. The smallest absolute Gasteiger partial charge is 0.371 e. The monoisotopic (exact) mass is 435 g/mol. The summed E-state index contributed by atoms with van der Waals surface area (Å²) in [6, 6.07) is 20.1. The van der Waals surface area contributed by atoms with Crippen LogP contribution in [0.25, 0.3) is 0 Å². The van der Waals surface area contributed by atoms with Crippen LogP contribution in [0.1, 0.15) is 46.4 Å². The van der Waals surface area contributed by atoms with Gasteiger partial charge in [-0.2, -0.15) is 0 Å². The van der Waals surface area contributed by atoms with Crippen molar-refractivity contribution in [3.63, 3.8) is 0 Å². The van der Waals surface area contributed by atoms with Crippen molar-refractivity contribution in [2.75, 3.05) is 11.5 Å². The number of benzene rings is 2. The largest absolute Gasteiger partial charge is 0.475 e. The number of carboxylic acids is 1. The number of hydrogen-bond acceptors (Lipinski definition) is 5. The van der Waals surface area contributed by atoms with E-state index in [2.05, 4.69) is 0 Å². The molecule has 1 unspecified atom stereocenters. The maximum Gasteiger partial charge on any atom is 0.371 e. The molecule has 7 heteroatoms. The van der Waals surface area contributed by atoms with Gasteiger partial charge in [0, 0.05) is 18.5 Å². The standard InChI is InChI=1S/C25H25NO6/c27-22(14-17-4-2-1-3-5-17)18-6-8-19(9-7-18)26-20(10-13-24(26)28)15-31-16-21-11-12-23(32-21)25(29)30/h1-9,11-12,20,22,27H,10,13-16H2,(H,29,30)/t20-,22?/m0/s1. The molecular formula is C25H25NO6. The van der Waals surface area contributed by atoms with E-state index >= 15 is 0 Å². The van der Waals surface area contributed by atoms with Crippen LogP contribution in [-0.2, 0) is 22.6 Å². The van der Waals surface area contributed by atoms with Crippen LogP contribution in [0.4, 0.5) is 5.69 Å². The average Bonchev–Trinajstić information content (AvgIpc) is 3.42. The van der Waals surface area contributed by atoms with Crippen molar-refractivity contribution in [3.05, 3.63) is 89.4 Å². The topological polar surface area (TPSA) is 100 Å². The van der Waals surface area contributed by atoms with E-state index < -0.39 is 12.1 Å². The molecule has 0 radical (unpaired) electrons. The second kappa shape index (κ2) is 9.80. The molecule has 2 aromatic carbocycles. The van der Waals surface area contributed by atoms with E-state index in [4.69, 9.17) is 14.3 Å². The zero-order chi connectivity index (χ0) is 22.5. The molecule has 1 fully saturated rings. The highest BCUT2D eigenvalue weighted by atomic mass is 16.5. The third-order valence-electron chi connectivity index (χ3n) is 5.58. The molecule has 2 heterocycles. The van der Waals surface area contributed by atoms with Gasteiger partial charge in [-0.05, 0) is 41.8 Å². The Hall–Kier alpha value is -3.42. The van der Waals surface area contributed by atoms with Crippen LogP contribution >= 0.6 is 0 Å². The highest BCUT2D eigenvalue weighted by Gasteiger charge is 2.32. The third kappa shape index (κ3) is 5.07. The van der Waals surface area contributed by atoms with Crippen molar-refractivity contribution >= 4 is 17.6 Å². The predicted octanol–water partition coefficient (Wildman–Crippen LogP) is 3.97. The maximum absolute atomic E-state index is 12.5. The van der Waals surface area contributed by atoms with E-state index in [-0.39, 0.29) is 24.3 Å². The Morgan fingerprint density at radius 3 is 2.53 bits per heavy atom.